The molecule has 2 rings (SSSR count). The molecule has 0 unspecified atom stereocenters. The predicted octanol–water partition coefficient (Wildman–Crippen LogP) is 2.29. The van der Waals surface area contributed by atoms with Crippen LogP contribution in [-0.2, 0) is 14.8 Å². The van der Waals surface area contributed by atoms with E-state index >= 15 is 0 Å². The molecule has 22 heavy (non-hydrogen) atoms. The first-order valence-corrected chi connectivity index (χ1v) is 9.27. The van der Waals surface area contributed by atoms with Gasteiger partial charge in [-0.15, -0.1) is 0 Å². The highest BCUT2D eigenvalue weighted by molar-refractivity contribution is 7.89. The van der Waals surface area contributed by atoms with Crippen molar-refractivity contribution in [3.8, 4) is 0 Å². The van der Waals surface area contributed by atoms with E-state index in [4.69, 9.17) is 27.9 Å². The van der Waals surface area contributed by atoms with Crippen LogP contribution in [0.1, 0.15) is 12.8 Å². The van der Waals surface area contributed by atoms with Crippen molar-refractivity contribution in [3.05, 3.63) is 28.2 Å². The zero-order valence-electron chi connectivity index (χ0n) is 12.4. The summed E-state index contributed by atoms with van der Waals surface area (Å²) in [6.45, 7) is 2.58. The Kier molecular flexibility index (Phi) is 6.10. The number of methoxy groups -OCH3 is 1. The zero-order valence-corrected chi connectivity index (χ0v) is 14.7. The Balaban J connectivity index is 2.12. The molecule has 1 aliphatic rings. The summed E-state index contributed by atoms with van der Waals surface area (Å²) in [6.07, 6.45) is 1.73. The van der Waals surface area contributed by atoms with Crippen LogP contribution in [0.15, 0.2) is 23.1 Å². The van der Waals surface area contributed by atoms with Gasteiger partial charge in [-0.25, -0.2) is 13.1 Å². The van der Waals surface area contributed by atoms with E-state index in [2.05, 4.69) is 10.0 Å². The molecule has 0 atom stereocenters. The summed E-state index contributed by atoms with van der Waals surface area (Å²) < 4.78 is 32.8. The minimum Gasteiger partial charge on any atom is -0.384 e. The maximum Gasteiger partial charge on any atom is 0.240 e. The third kappa shape index (κ3) is 4.34. The van der Waals surface area contributed by atoms with Crippen LogP contribution < -0.4 is 10.0 Å². The van der Waals surface area contributed by atoms with Gasteiger partial charge in [0.15, 0.2) is 0 Å². The van der Waals surface area contributed by atoms with Crippen LogP contribution in [0.5, 0.6) is 0 Å². The van der Waals surface area contributed by atoms with Crippen LogP contribution in [0.2, 0.25) is 10.0 Å². The second-order valence-corrected chi connectivity index (χ2v) is 8.16. The van der Waals surface area contributed by atoms with E-state index < -0.39 is 10.0 Å². The first-order valence-electron chi connectivity index (χ1n) is 7.03. The fourth-order valence-electron chi connectivity index (χ4n) is 2.61. The highest BCUT2D eigenvalue weighted by atomic mass is 35.5. The van der Waals surface area contributed by atoms with Crippen molar-refractivity contribution < 1.29 is 13.2 Å². The standard InChI is InChI=1S/C14H20Cl2N2O3S/c1-21-10-14(4-6-17-7-5-14)9-18-22(19,20)11-2-3-12(15)13(16)8-11/h2-3,8,17-18H,4-7,9-10H2,1H3. The third-order valence-corrected chi connectivity index (χ3v) is 6.09. The molecular weight excluding hydrogens is 347 g/mol. The molecule has 0 bridgehead atoms. The summed E-state index contributed by atoms with van der Waals surface area (Å²) in [7, 11) is -1.99. The normalized spacial score (nSPS) is 18.3. The number of rotatable bonds is 6. The van der Waals surface area contributed by atoms with Crippen molar-refractivity contribution in [3.63, 3.8) is 0 Å². The first kappa shape index (κ1) is 18.0. The lowest BCUT2D eigenvalue weighted by molar-refractivity contribution is 0.0577. The minimum atomic E-state index is -3.62. The fraction of sp³-hybridized carbons (Fsp3) is 0.571. The average molecular weight is 367 g/mol. The maximum atomic E-state index is 12.4. The van der Waals surface area contributed by atoms with Gasteiger partial charge in [-0.2, -0.15) is 0 Å². The Bertz CT molecular complexity index is 611. The molecular formula is C14H20Cl2N2O3S. The first-order chi connectivity index (χ1) is 10.4. The van der Waals surface area contributed by atoms with Crippen LogP contribution in [-0.4, -0.2) is 41.8 Å². The van der Waals surface area contributed by atoms with Gasteiger partial charge in [-0.3, -0.25) is 0 Å². The van der Waals surface area contributed by atoms with Crippen molar-refractivity contribution in [1.29, 1.82) is 0 Å². The molecule has 124 valence electrons. The molecule has 1 aromatic rings. The minimum absolute atomic E-state index is 0.114. The van der Waals surface area contributed by atoms with Crippen molar-refractivity contribution in [2.45, 2.75) is 17.7 Å². The van der Waals surface area contributed by atoms with Crippen molar-refractivity contribution >= 4 is 33.2 Å². The Morgan fingerprint density at radius 3 is 2.55 bits per heavy atom. The van der Waals surface area contributed by atoms with E-state index in [-0.39, 0.29) is 15.3 Å². The number of ether oxygens (including phenoxy) is 1. The van der Waals surface area contributed by atoms with E-state index in [0.717, 1.165) is 25.9 Å². The van der Waals surface area contributed by atoms with Crippen molar-refractivity contribution in [1.82, 2.24) is 10.0 Å². The summed E-state index contributed by atoms with van der Waals surface area (Å²) in [5.74, 6) is 0. The van der Waals surface area contributed by atoms with Gasteiger partial charge in [0.1, 0.15) is 0 Å². The number of hydrogen-bond donors (Lipinski definition) is 2. The molecule has 1 fully saturated rings. The zero-order chi connectivity index (χ0) is 16.2. The van der Waals surface area contributed by atoms with Crippen molar-refractivity contribution in [2.24, 2.45) is 5.41 Å². The summed E-state index contributed by atoms with van der Waals surface area (Å²) in [4.78, 5) is 0.114. The molecule has 1 aromatic carbocycles. The van der Waals surface area contributed by atoms with Gasteiger partial charge in [0.2, 0.25) is 10.0 Å². The highest BCUT2D eigenvalue weighted by Gasteiger charge is 2.33. The van der Waals surface area contributed by atoms with E-state index in [9.17, 15) is 8.42 Å². The Hall–Kier alpha value is -0.370. The average Bonchev–Trinajstić information content (AvgIpc) is 2.49. The second kappa shape index (κ2) is 7.47. The second-order valence-electron chi connectivity index (χ2n) is 5.58. The summed E-state index contributed by atoms with van der Waals surface area (Å²) >= 11 is 11.7. The Morgan fingerprint density at radius 2 is 1.95 bits per heavy atom. The van der Waals surface area contributed by atoms with Crippen LogP contribution in [0, 0.1) is 5.41 Å². The number of benzene rings is 1. The molecule has 0 radical (unpaired) electrons. The van der Waals surface area contributed by atoms with Gasteiger partial charge < -0.3 is 10.1 Å². The van der Waals surface area contributed by atoms with Gasteiger partial charge in [0.05, 0.1) is 21.5 Å². The predicted molar refractivity (Wildman–Crippen MR) is 88.1 cm³/mol. The molecule has 2 N–H and O–H groups in total. The molecule has 1 saturated heterocycles. The van der Waals surface area contributed by atoms with E-state index in [0.29, 0.717) is 18.2 Å². The largest absolute Gasteiger partial charge is 0.384 e. The quantitative estimate of drug-likeness (QED) is 0.810. The molecule has 5 nitrogen and oxygen atoms in total. The summed E-state index contributed by atoms with van der Waals surface area (Å²) in [5, 5.41) is 3.82. The Labute approximate surface area is 141 Å². The summed E-state index contributed by atoms with van der Waals surface area (Å²) in [6, 6.07) is 4.29. The van der Waals surface area contributed by atoms with Gasteiger partial charge in [-0.05, 0) is 44.1 Å². The number of sulfonamides is 1. The third-order valence-electron chi connectivity index (χ3n) is 3.95. The molecule has 8 heteroatoms. The maximum absolute atomic E-state index is 12.4. The van der Waals surface area contributed by atoms with Crippen LogP contribution in [0.3, 0.4) is 0 Å². The molecule has 1 aliphatic heterocycles. The number of piperidine rings is 1. The lowest BCUT2D eigenvalue weighted by Gasteiger charge is -2.37. The van der Waals surface area contributed by atoms with Gasteiger partial charge in [0.25, 0.3) is 0 Å². The van der Waals surface area contributed by atoms with Gasteiger partial charge >= 0.3 is 0 Å². The summed E-state index contributed by atoms with van der Waals surface area (Å²) in [5.41, 5.74) is -0.177. The van der Waals surface area contributed by atoms with E-state index in [1.807, 2.05) is 0 Å². The number of nitrogens with one attached hydrogen (secondary N) is 2. The lowest BCUT2D eigenvalue weighted by atomic mass is 9.80. The molecule has 0 spiro atoms. The van der Waals surface area contributed by atoms with Crippen LogP contribution >= 0.6 is 23.2 Å². The van der Waals surface area contributed by atoms with E-state index in [1.54, 1.807) is 7.11 Å². The molecule has 1 heterocycles. The van der Waals surface area contributed by atoms with Crippen molar-refractivity contribution in [2.75, 3.05) is 33.4 Å². The van der Waals surface area contributed by atoms with Crippen LogP contribution in [0.25, 0.3) is 0 Å². The highest BCUT2D eigenvalue weighted by Crippen LogP contribution is 2.29. The topological polar surface area (TPSA) is 67.4 Å². The Morgan fingerprint density at radius 1 is 1.27 bits per heavy atom. The fourth-order valence-corrected chi connectivity index (χ4v) is 4.16. The molecule has 0 aliphatic carbocycles. The number of halogens is 2. The monoisotopic (exact) mass is 366 g/mol. The smallest absolute Gasteiger partial charge is 0.240 e. The van der Waals surface area contributed by atoms with Crippen LogP contribution in [0.4, 0.5) is 0 Å². The van der Waals surface area contributed by atoms with Gasteiger partial charge in [0, 0.05) is 19.1 Å². The molecule has 0 saturated carbocycles. The van der Waals surface area contributed by atoms with E-state index in [1.165, 1.54) is 18.2 Å². The van der Waals surface area contributed by atoms with Gasteiger partial charge in [-0.1, -0.05) is 23.2 Å². The lowest BCUT2D eigenvalue weighted by Crippen LogP contribution is -2.47. The molecule has 0 amide bonds. The molecule has 0 aromatic heterocycles. The number of hydrogen-bond acceptors (Lipinski definition) is 4. The SMILES string of the molecule is COCC1(CNS(=O)(=O)c2ccc(Cl)c(Cl)c2)CCNCC1.